The molecule has 1 aromatic heterocycles. The number of ether oxygens (including phenoxy) is 2. The third kappa shape index (κ3) is 6.25. The molecule has 34 heavy (non-hydrogen) atoms. The van der Waals surface area contributed by atoms with Crippen LogP contribution in [0.25, 0.3) is 11.3 Å². The van der Waals surface area contributed by atoms with Crippen LogP contribution in [0, 0.1) is 0 Å². The quantitative estimate of drug-likeness (QED) is 0.266. The highest BCUT2D eigenvalue weighted by Crippen LogP contribution is 2.35. The number of halogens is 3. The molecule has 1 heterocycles. The van der Waals surface area contributed by atoms with Gasteiger partial charge in [0.05, 0.1) is 25.7 Å². The molecule has 2 aromatic carbocycles. The number of Topliss-reactive ketones (excluding diaryl/α,β-unsaturated/α-hetero) is 1. The summed E-state index contributed by atoms with van der Waals surface area (Å²) in [5, 5.41) is 2.39. The average Bonchev–Trinajstić information content (AvgIpc) is 2.81. The summed E-state index contributed by atoms with van der Waals surface area (Å²) in [7, 11) is 2.86. The lowest BCUT2D eigenvalue weighted by molar-refractivity contribution is -0.141. The minimum absolute atomic E-state index is 0.0142. The maximum Gasteiger partial charge on any atom is 0.433 e. The number of aromatic nitrogens is 2. The molecule has 1 amide bonds. The van der Waals surface area contributed by atoms with Gasteiger partial charge >= 0.3 is 6.18 Å². The number of anilines is 1. The van der Waals surface area contributed by atoms with Gasteiger partial charge in [0.15, 0.2) is 22.4 Å². The first-order valence-corrected chi connectivity index (χ1v) is 10.8. The van der Waals surface area contributed by atoms with Crippen LogP contribution in [0.1, 0.15) is 23.0 Å². The second kappa shape index (κ2) is 10.6. The molecule has 0 aliphatic carbocycles. The SMILES string of the molecule is COc1ccc(-c2cc(C(F)(F)F)nc(SCC(=O)Nc3cccc(C(C)=O)c3)n2)cc1OC. The largest absolute Gasteiger partial charge is 0.493 e. The molecule has 3 rings (SSSR count). The summed E-state index contributed by atoms with van der Waals surface area (Å²) in [6.07, 6.45) is -4.71. The molecule has 0 unspecified atom stereocenters. The van der Waals surface area contributed by atoms with Crippen LogP contribution in [0.4, 0.5) is 18.9 Å². The van der Waals surface area contributed by atoms with Gasteiger partial charge in [-0.15, -0.1) is 0 Å². The van der Waals surface area contributed by atoms with Crippen molar-refractivity contribution in [1.82, 2.24) is 9.97 Å². The Morgan fingerprint density at radius 2 is 1.74 bits per heavy atom. The van der Waals surface area contributed by atoms with Crippen molar-refractivity contribution in [3.05, 3.63) is 59.8 Å². The topological polar surface area (TPSA) is 90.4 Å². The van der Waals surface area contributed by atoms with Gasteiger partial charge in [-0.05, 0) is 43.3 Å². The molecular weight excluding hydrogens is 471 g/mol. The lowest BCUT2D eigenvalue weighted by atomic mass is 10.1. The molecule has 11 heteroatoms. The Morgan fingerprint density at radius 1 is 1.00 bits per heavy atom. The van der Waals surface area contributed by atoms with Crippen molar-refractivity contribution >= 4 is 29.1 Å². The van der Waals surface area contributed by atoms with Gasteiger partial charge in [-0.2, -0.15) is 13.2 Å². The number of hydrogen-bond acceptors (Lipinski definition) is 7. The molecular formula is C23H20F3N3O4S. The highest BCUT2D eigenvalue weighted by atomic mass is 32.2. The van der Waals surface area contributed by atoms with E-state index < -0.39 is 17.8 Å². The van der Waals surface area contributed by atoms with Gasteiger partial charge in [-0.25, -0.2) is 9.97 Å². The van der Waals surface area contributed by atoms with Crippen molar-refractivity contribution in [2.45, 2.75) is 18.3 Å². The van der Waals surface area contributed by atoms with Gasteiger partial charge in [0.25, 0.3) is 0 Å². The smallest absolute Gasteiger partial charge is 0.433 e. The van der Waals surface area contributed by atoms with Crippen LogP contribution >= 0.6 is 11.8 Å². The zero-order valence-electron chi connectivity index (χ0n) is 18.4. The van der Waals surface area contributed by atoms with Crippen molar-refractivity contribution < 1.29 is 32.2 Å². The maximum absolute atomic E-state index is 13.5. The lowest BCUT2D eigenvalue weighted by Crippen LogP contribution is -2.15. The number of thioether (sulfide) groups is 1. The van der Waals surface area contributed by atoms with Gasteiger partial charge in [0, 0.05) is 16.8 Å². The summed E-state index contributed by atoms with van der Waals surface area (Å²) in [5.74, 6) is -0.147. The summed E-state index contributed by atoms with van der Waals surface area (Å²) in [4.78, 5) is 31.6. The second-order valence-corrected chi connectivity index (χ2v) is 7.90. The van der Waals surface area contributed by atoms with E-state index in [0.717, 1.165) is 17.8 Å². The van der Waals surface area contributed by atoms with E-state index >= 15 is 0 Å². The summed E-state index contributed by atoms with van der Waals surface area (Å²) >= 11 is 0.758. The highest BCUT2D eigenvalue weighted by molar-refractivity contribution is 7.99. The molecule has 0 radical (unpaired) electrons. The van der Waals surface area contributed by atoms with Crippen molar-refractivity contribution in [3.8, 4) is 22.8 Å². The number of nitrogens with one attached hydrogen (secondary N) is 1. The van der Waals surface area contributed by atoms with Gasteiger partial charge in [0.2, 0.25) is 5.91 Å². The molecule has 0 aliphatic rings. The summed E-state index contributed by atoms with van der Waals surface area (Å²) in [6.45, 7) is 1.40. The molecule has 7 nitrogen and oxygen atoms in total. The number of ketones is 1. The predicted molar refractivity (Wildman–Crippen MR) is 121 cm³/mol. The molecule has 0 fully saturated rings. The third-order valence-corrected chi connectivity index (χ3v) is 5.41. The Morgan fingerprint density at radius 3 is 2.38 bits per heavy atom. The molecule has 0 spiro atoms. The van der Waals surface area contributed by atoms with Crippen LogP contribution in [0.2, 0.25) is 0 Å². The Hall–Kier alpha value is -3.60. The van der Waals surface area contributed by atoms with Crippen LogP contribution < -0.4 is 14.8 Å². The fourth-order valence-electron chi connectivity index (χ4n) is 2.92. The number of hydrogen-bond donors (Lipinski definition) is 1. The van der Waals surface area contributed by atoms with Crippen LogP contribution in [0.3, 0.4) is 0 Å². The number of nitrogens with zero attached hydrogens (tertiary/aromatic N) is 2. The number of carbonyl (C=O) groups is 2. The Balaban J connectivity index is 1.83. The van der Waals surface area contributed by atoms with Gasteiger partial charge in [-0.3, -0.25) is 9.59 Å². The van der Waals surface area contributed by atoms with Crippen LogP contribution in [-0.2, 0) is 11.0 Å². The molecule has 0 saturated heterocycles. The van der Waals surface area contributed by atoms with E-state index in [9.17, 15) is 22.8 Å². The molecule has 1 N–H and O–H groups in total. The molecule has 3 aromatic rings. The summed E-state index contributed by atoms with van der Waals surface area (Å²) in [6, 6.07) is 11.8. The van der Waals surface area contributed by atoms with Crippen molar-refractivity contribution in [3.63, 3.8) is 0 Å². The number of carbonyl (C=O) groups excluding carboxylic acids is 2. The van der Waals surface area contributed by atoms with E-state index in [1.807, 2.05) is 0 Å². The number of benzene rings is 2. The minimum atomic E-state index is -4.71. The Kier molecular flexibility index (Phi) is 7.77. The summed E-state index contributed by atoms with van der Waals surface area (Å²) in [5.41, 5.74) is 0.0584. The molecule has 0 aliphatic heterocycles. The van der Waals surface area contributed by atoms with Gasteiger partial charge in [-0.1, -0.05) is 23.9 Å². The first kappa shape index (κ1) is 25.0. The highest BCUT2D eigenvalue weighted by Gasteiger charge is 2.34. The molecule has 178 valence electrons. The van der Waals surface area contributed by atoms with Crippen LogP contribution in [-0.4, -0.2) is 41.6 Å². The number of rotatable bonds is 8. The van der Waals surface area contributed by atoms with Gasteiger partial charge < -0.3 is 14.8 Å². The fourth-order valence-corrected chi connectivity index (χ4v) is 3.58. The van der Waals surface area contributed by atoms with Crippen molar-refractivity contribution in [2.75, 3.05) is 25.3 Å². The zero-order valence-corrected chi connectivity index (χ0v) is 19.2. The molecule has 0 atom stereocenters. The Bertz CT molecular complexity index is 1220. The van der Waals surface area contributed by atoms with Crippen LogP contribution in [0.15, 0.2) is 53.7 Å². The zero-order chi connectivity index (χ0) is 24.9. The number of methoxy groups -OCH3 is 2. The first-order chi connectivity index (χ1) is 16.1. The van der Waals surface area contributed by atoms with E-state index in [2.05, 4.69) is 15.3 Å². The van der Waals surface area contributed by atoms with Crippen molar-refractivity contribution in [1.29, 1.82) is 0 Å². The molecule has 0 bridgehead atoms. The fraction of sp³-hybridized carbons (Fsp3) is 0.217. The second-order valence-electron chi connectivity index (χ2n) is 6.96. The van der Waals surface area contributed by atoms with E-state index in [1.54, 1.807) is 30.3 Å². The number of amides is 1. The normalized spacial score (nSPS) is 11.1. The first-order valence-electron chi connectivity index (χ1n) is 9.83. The van der Waals surface area contributed by atoms with Crippen LogP contribution in [0.5, 0.6) is 11.5 Å². The van der Waals surface area contributed by atoms with Crippen molar-refractivity contribution in [2.24, 2.45) is 0 Å². The summed E-state index contributed by atoms with van der Waals surface area (Å²) < 4.78 is 50.8. The predicted octanol–water partition coefficient (Wildman–Crippen LogP) is 5.11. The van der Waals surface area contributed by atoms with Gasteiger partial charge in [0.1, 0.15) is 5.69 Å². The Labute approximate surface area is 197 Å². The van der Waals surface area contributed by atoms with E-state index in [-0.39, 0.29) is 22.4 Å². The van der Waals surface area contributed by atoms with E-state index in [0.29, 0.717) is 28.3 Å². The van der Waals surface area contributed by atoms with E-state index in [1.165, 1.54) is 33.3 Å². The lowest BCUT2D eigenvalue weighted by Gasteiger charge is -2.12. The standard InChI is InChI=1S/C23H20F3N3O4S/c1-13(30)14-5-4-6-16(9-14)27-21(31)12-34-22-28-17(11-20(29-22)23(24,25)26)15-7-8-18(32-2)19(10-15)33-3/h4-11H,12H2,1-3H3,(H,27,31). The monoisotopic (exact) mass is 491 g/mol. The number of alkyl halides is 3. The maximum atomic E-state index is 13.5. The minimum Gasteiger partial charge on any atom is -0.493 e. The third-order valence-electron chi connectivity index (χ3n) is 4.56. The molecule has 0 saturated carbocycles. The average molecular weight is 491 g/mol. The van der Waals surface area contributed by atoms with E-state index in [4.69, 9.17) is 9.47 Å².